The molecule has 0 fully saturated rings. The molecule has 0 bridgehead atoms. The van der Waals surface area contributed by atoms with E-state index in [0.29, 0.717) is 5.56 Å². The third-order valence-electron chi connectivity index (χ3n) is 3.48. The molecule has 25 heavy (non-hydrogen) atoms. The number of hydrogen-bond acceptors (Lipinski definition) is 2. The number of rotatable bonds is 4. The van der Waals surface area contributed by atoms with Crippen LogP contribution >= 0.6 is 11.6 Å². The van der Waals surface area contributed by atoms with Crippen molar-refractivity contribution in [2.75, 3.05) is 0 Å². The van der Waals surface area contributed by atoms with Crippen molar-refractivity contribution in [3.05, 3.63) is 77.1 Å². The first-order valence-corrected chi connectivity index (χ1v) is 7.55. The van der Waals surface area contributed by atoms with Gasteiger partial charge in [-0.2, -0.15) is 13.2 Å². The summed E-state index contributed by atoms with van der Waals surface area (Å²) < 4.78 is 45.0. The molecule has 1 atom stereocenters. The number of carboxylic acids is 1. The van der Waals surface area contributed by atoms with Crippen molar-refractivity contribution >= 4 is 23.1 Å². The van der Waals surface area contributed by atoms with Gasteiger partial charge in [0.2, 0.25) is 6.10 Å². The topological polar surface area (TPSA) is 46.5 Å². The number of ether oxygens (including phenoxy) is 1. The number of halogens is 4. The maximum Gasteiger partial charge on any atom is 0.430 e. The highest BCUT2D eigenvalue weighted by Gasteiger charge is 2.50. The average molecular weight is 371 g/mol. The zero-order chi connectivity index (χ0) is 18.6. The monoisotopic (exact) mass is 370 g/mol. The van der Waals surface area contributed by atoms with E-state index in [9.17, 15) is 23.1 Å². The van der Waals surface area contributed by atoms with Gasteiger partial charge < -0.3 is 9.84 Å². The first kappa shape index (κ1) is 18.9. The normalized spacial score (nSPS) is 20.4. The van der Waals surface area contributed by atoms with Gasteiger partial charge in [0, 0.05) is 11.5 Å². The molecule has 0 saturated carbocycles. The van der Waals surface area contributed by atoms with Crippen molar-refractivity contribution in [2.24, 2.45) is 0 Å². The maximum absolute atomic E-state index is 13.4. The second-order valence-corrected chi connectivity index (χ2v) is 5.60. The van der Waals surface area contributed by atoms with Gasteiger partial charge in [-0.1, -0.05) is 54.6 Å². The molecule has 3 nitrogen and oxygen atoms in total. The van der Waals surface area contributed by atoms with Crippen molar-refractivity contribution in [3.8, 4) is 0 Å². The summed E-state index contributed by atoms with van der Waals surface area (Å²) in [5, 5.41) is 9.56. The highest BCUT2D eigenvalue weighted by atomic mass is 35.5. The number of alkyl halides is 3. The first-order valence-electron chi connectivity index (χ1n) is 7.18. The zero-order valence-electron chi connectivity index (χ0n) is 12.9. The van der Waals surface area contributed by atoms with Gasteiger partial charge in [-0.25, -0.2) is 4.79 Å². The van der Waals surface area contributed by atoms with E-state index in [1.807, 2.05) is 0 Å². The third kappa shape index (κ3) is 4.54. The number of hydrogen-bond donors (Lipinski definition) is 1. The largest absolute Gasteiger partial charge is 0.480 e. The molecule has 0 aliphatic carbocycles. The van der Waals surface area contributed by atoms with Gasteiger partial charge in [-0.3, -0.25) is 0 Å². The molecule has 2 rings (SSSR count). The predicted molar refractivity (Wildman–Crippen MR) is 88.8 cm³/mol. The minimum atomic E-state index is -4.88. The summed E-state index contributed by atoms with van der Waals surface area (Å²) in [5.74, 6) is -1.70. The molecule has 1 aliphatic heterocycles. The highest BCUT2D eigenvalue weighted by Crippen LogP contribution is 2.41. The van der Waals surface area contributed by atoms with Crippen LogP contribution in [-0.4, -0.2) is 23.4 Å². The number of carbonyl (C=O) groups is 1. The van der Waals surface area contributed by atoms with Crippen LogP contribution in [0.4, 0.5) is 13.2 Å². The Labute approximate surface area is 147 Å². The molecule has 1 N–H and O–H groups in total. The summed E-state index contributed by atoms with van der Waals surface area (Å²) in [7, 11) is 0. The van der Waals surface area contributed by atoms with Crippen molar-refractivity contribution in [2.45, 2.75) is 18.7 Å². The SMILES string of the molecule is C=C/C(Cl)=C\C=C1/CC(c2ccccc2)=C(C(=O)O)C(C(F)(F)F)O1. The Hall–Kier alpha value is -2.47. The van der Waals surface area contributed by atoms with Gasteiger partial charge in [0.05, 0.1) is 5.57 Å². The number of carboxylic acid groups (broad SMARTS) is 1. The second-order valence-electron chi connectivity index (χ2n) is 5.17. The van der Waals surface area contributed by atoms with Crippen LogP contribution < -0.4 is 0 Å². The molecule has 132 valence electrons. The van der Waals surface area contributed by atoms with E-state index < -0.39 is 23.8 Å². The van der Waals surface area contributed by atoms with E-state index in [1.54, 1.807) is 30.3 Å². The van der Waals surface area contributed by atoms with Gasteiger partial charge in [0.15, 0.2) is 0 Å². The van der Waals surface area contributed by atoms with Gasteiger partial charge in [0.1, 0.15) is 5.76 Å². The smallest absolute Gasteiger partial charge is 0.430 e. The molecule has 0 aromatic heterocycles. The summed E-state index contributed by atoms with van der Waals surface area (Å²) >= 11 is 5.76. The van der Waals surface area contributed by atoms with E-state index >= 15 is 0 Å². The van der Waals surface area contributed by atoms with Crippen molar-refractivity contribution in [1.29, 1.82) is 0 Å². The standard InChI is InChI=1S/C18H14ClF3O3/c1-2-12(19)8-9-13-10-14(11-6-4-3-5-7-11)15(17(23)24)16(25-13)18(20,21)22/h2-9,16H,1,10H2,(H,23,24)/b12-8+,13-9+. The van der Waals surface area contributed by atoms with E-state index in [2.05, 4.69) is 6.58 Å². The molecule has 1 aliphatic rings. The van der Waals surface area contributed by atoms with Crippen LogP contribution in [-0.2, 0) is 9.53 Å². The van der Waals surface area contributed by atoms with Gasteiger partial charge in [-0.05, 0) is 23.3 Å². The molecule has 1 heterocycles. The number of allylic oxidation sites excluding steroid dienone is 5. The van der Waals surface area contributed by atoms with Crippen LogP contribution in [0.1, 0.15) is 12.0 Å². The molecule has 0 amide bonds. The van der Waals surface area contributed by atoms with E-state index in [0.717, 1.165) is 0 Å². The fraction of sp³-hybridized carbons (Fsp3) is 0.167. The van der Waals surface area contributed by atoms with E-state index in [4.69, 9.17) is 16.3 Å². The summed E-state index contributed by atoms with van der Waals surface area (Å²) in [4.78, 5) is 11.5. The Bertz CT molecular complexity index is 762. The molecule has 0 spiro atoms. The summed E-state index contributed by atoms with van der Waals surface area (Å²) in [6.45, 7) is 3.44. The zero-order valence-corrected chi connectivity index (χ0v) is 13.6. The van der Waals surface area contributed by atoms with Crippen molar-refractivity contribution < 1.29 is 27.8 Å². The lowest BCUT2D eigenvalue weighted by atomic mass is 9.90. The van der Waals surface area contributed by atoms with Gasteiger partial charge >= 0.3 is 12.1 Å². The van der Waals surface area contributed by atoms with Crippen molar-refractivity contribution in [3.63, 3.8) is 0 Å². The molecule has 1 aromatic rings. The predicted octanol–water partition coefficient (Wildman–Crippen LogP) is 5.07. The summed E-state index contributed by atoms with van der Waals surface area (Å²) in [6.07, 6.45) is -3.60. The van der Waals surface area contributed by atoms with Crippen LogP contribution in [0.5, 0.6) is 0 Å². The molecule has 7 heteroatoms. The number of benzene rings is 1. The third-order valence-corrected chi connectivity index (χ3v) is 3.76. The quantitative estimate of drug-likeness (QED) is 0.753. The van der Waals surface area contributed by atoms with E-state index in [-0.39, 0.29) is 22.8 Å². The lowest BCUT2D eigenvalue weighted by Crippen LogP contribution is -2.39. The lowest BCUT2D eigenvalue weighted by Gasteiger charge is -2.30. The van der Waals surface area contributed by atoms with Crippen LogP contribution in [0, 0.1) is 0 Å². The van der Waals surface area contributed by atoms with Gasteiger partial charge in [-0.15, -0.1) is 0 Å². The Kier molecular flexibility index (Phi) is 5.74. The molecular formula is C18H14ClF3O3. The average Bonchev–Trinajstić information content (AvgIpc) is 2.58. The van der Waals surface area contributed by atoms with Gasteiger partial charge in [0.25, 0.3) is 0 Å². The fourth-order valence-electron chi connectivity index (χ4n) is 2.39. The molecular weight excluding hydrogens is 357 g/mol. The maximum atomic E-state index is 13.4. The molecule has 1 aromatic carbocycles. The highest BCUT2D eigenvalue weighted by molar-refractivity contribution is 6.31. The first-order chi connectivity index (χ1) is 11.7. The lowest BCUT2D eigenvalue weighted by molar-refractivity contribution is -0.201. The second kappa shape index (κ2) is 7.61. The fourth-order valence-corrected chi connectivity index (χ4v) is 2.45. The van der Waals surface area contributed by atoms with Crippen molar-refractivity contribution in [1.82, 2.24) is 0 Å². The van der Waals surface area contributed by atoms with Crippen LogP contribution in [0.15, 0.2) is 71.5 Å². The minimum absolute atomic E-state index is 0.0359. The Balaban J connectivity index is 2.62. The number of aliphatic carboxylic acids is 1. The van der Waals surface area contributed by atoms with Crippen LogP contribution in [0.3, 0.4) is 0 Å². The van der Waals surface area contributed by atoms with Crippen LogP contribution in [0.25, 0.3) is 5.57 Å². The van der Waals surface area contributed by atoms with Crippen LogP contribution in [0.2, 0.25) is 0 Å². The summed E-state index contributed by atoms with van der Waals surface area (Å²) in [5.41, 5.74) is -0.368. The Morgan fingerprint density at radius 3 is 2.48 bits per heavy atom. The Morgan fingerprint density at radius 1 is 1.32 bits per heavy atom. The molecule has 0 saturated heterocycles. The summed E-state index contributed by atoms with van der Waals surface area (Å²) in [6, 6.07) is 8.05. The molecule has 1 unspecified atom stereocenters. The molecule has 0 radical (unpaired) electrons. The minimum Gasteiger partial charge on any atom is -0.480 e. The Morgan fingerprint density at radius 2 is 1.96 bits per heavy atom. The van der Waals surface area contributed by atoms with E-state index in [1.165, 1.54) is 18.2 Å².